The first-order valence-corrected chi connectivity index (χ1v) is 28.1. The summed E-state index contributed by atoms with van der Waals surface area (Å²) in [5.41, 5.74) is 0.972. The molecule has 2 N–H and O–H groups in total. The lowest BCUT2D eigenvalue weighted by atomic mass is 9.77. The Hall–Kier alpha value is -5.21. The first-order chi connectivity index (χ1) is 30.3. The van der Waals surface area contributed by atoms with Crippen molar-refractivity contribution in [1.29, 1.82) is 0 Å². The van der Waals surface area contributed by atoms with Crippen molar-refractivity contribution in [3.05, 3.63) is 76.3 Å². The number of ether oxygens (including phenoxy) is 4. The van der Waals surface area contributed by atoms with E-state index < -0.39 is 76.8 Å². The summed E-state index contributed by atoms with van der Waals surface area (Å²) < 4.78 is 40.3. The summed E-state index contributed by atoms with van der Waals surface area (Å²) in [7, 11) is -4.44. The fourth-order valence-corrected chi connectivity index (χ4v) is 11.2. The molecule has 1 saturated heterocycles. The van der Waals surface area contributed by atoms with Crippen LogP contribution in [0.1, 0.15) is 98.2 Å². The van der Waals surface area contributed by atoms with E-state index in [0.717, 1.165) is 32.3 Å². The summed E-state index contributed by atoms with van der Waals surface area (Å²) in [5, 5.41) is 8.99. The lowest BCUT2D eigenvalue weighted by Gasteiger charge is -2.43. The van der Waals surface area contributed by atoms with Gasteiger partial charge in [-0.25, -0.2) is 4.98 Å². The third-order valence-corrected chi connectivity index (χ3v) is 23.1. The Labute approximate surface area is 380 Å². The Bertz CT molecular complexity index is 2860. The predicted octanol–water partition coefficient (Wildman–Crippen LogP) is 9.35. The zero-order valence-corrected chi connectivity index (χ0v) is 41.6. The average molecular weight is 924 g/mol. The molecule has 0 radical (unpaired) electrons. The summed E-state index contributed by atoms with van der Waals surface area (Å²) in [6.07, 6.45) is -3.01. The van der Waals surface area contributed by atoms with E-state index >= 15 is 0 Å². The average Bonchev–Trinajstić information content (AvgIpc) is 3.81. The van der Waals surface area contributed by atoms with Crippen LogP contribution in [0.25, 0.3) is 43.5 Å². The van der Waals surface area contributed by atoms with Gasteiger partial charge in [0.1, 0.15) is 12.3 Å². The minimum atomic E-state index is -2.28. The molecule has 3 heterocycles. The second-order valence-corrected chi connectivity index (χ2v) is 30.2. The van der Waals surface area contributed by atoms with Gasteiger partial charge in [-0.2, -0.15) is 4.98 Å². The van der Waals surface area contributed by atoms with E-state index in [-0.39, 0.29) is 33.3 Å². The third-order valence-electron chi connectivity index (χ3n) is 14.1. The van der Waals surface area contributed by atoms with Gasteiger partial charge in [-0.3, -0.25) is 28.7 Å². The highest BCUT2D eigenvalue weighted by atomic mass is 28.4. The SMILES string of the molecule is CC(=O)O[C@@H]1[C@H](OC(C)=O)[C@@H](Nc2nc3c(ncn3[C@H]3C[C@H](O[Si](C)(C)C(C)(C)C)[C@@H](CO[Si](C)(C)C(C)(C)C)O3)c(=O)[nH]2)c2c(cc3ccc4cccc5ccc2c3c45)[C@H]1OC(C)=O. The van der Waals surface area contributed by atoms with Crippen molar-refractivity contribution in [2.75, 3.05) is 11.9 Å². The molecule has 0 unspecified atom stereocenters. The van der Waals surface area contributed by atoms with Crippen LogP contribution in [0.3, 0.4) is 0 Å². The number of anilines is 1. The van der Waals surface area contributed by atoms with E-state index in [2.05, 4.69) is 83.0 Å². The Morgan fingerprint density at radius 1 is 0.831 bits per heavy atom. The Morgan fingerprint density at radius 2 is 1.45 bits per heavy atom. The molecule has 7 atom stereocenters. The van der Waals surface area contributed by atoms with Gasteiger partial charge in [-0.15, -0.1) is 0 Å². The number of imidazole rings is 1. The second kappa shape index (κ2) is 16.6. The van der Waals surface area contributed by atoms with Crippen LogP contribution in [-0.2, 0) is 42.2 Å². The van der Waals surface area contributed by atoms with Gasteiger partial charge < -0.3 is 33.1 Å². The van der Waals surface area contributed by atoms with E-state index in [1.54, 1.807) is 10.9 Å². The molecule has 2 aliphatic rings. The van der Waals surface area contributed by atoms with Gasteiger partial charge in [0.15, 0.2) is 46.1 Å². The summed E-state index contributed by atoms with van der Waals surface area (Å²) >= 11 is 0. The van der Waals surface area contributed by atoms with E-state index in [1.807, 2.05) is 48.5 Å². The number of hydrogen-bond donors (Lipinski definition) is 2. The van der Waals surface area contributed by atoms with Crippen molar-refractivity contribution < 1.29 is 42.2 Å². The molecule has 65 heavy (non-hydrogen) atoms. The van der Waals surface area contributed by atoms with Crippen molar-refractivity contribution in [2.45, 2.75) is 148 Å². The topological polar surface area (TPSA) is 182 Å². The molecule has 1 aliphatic heterocycles. The minimum absolute atomic E-state index is 0.0135. The van der Waals surface area contributed by atoms with Crippen LogP contribution in [0.2, 0.25) is 36.3 Å². The fraction of sp³-hybridized carbons (Fsp3) is 0.500. The van der Waals surface area contributed by atoms with Crippen molar-refractivity contribution in [2.24, 2.45) is 0 Å². The normalized spacial score (nSPS) is 23.0. The maximum absolute atomic E-state index is 14.0. The molecule has 8 rings (SSSR count). The van der Waals surface area contributed by atoms with Gasteiger partial charge in [-0.1, -0.05) is 84.0 Å². The summed E-state index contributed by atoms with van der Waals surface area (Å²) in [6.45, 7) is 26.2. The number of aromatic amines is 1. The number of hydrogen-bond acceptors (Lipinski definition) is 13. The van der Waals surface area contributed by atoms with E-state index in [1.165, 1.54) is 20.8 Å². The molecule has 0 amide bonds. The van der Waals surface area contributed by atoms with Crippen LogP contribution in [0, 0.1) is 0 Å². The number of esters is 3. The van der Waals surface area contributed by atoms with Crippen molar-refractivity contribution in [1.82, 2.24) is 19.5 Å². The molecule has 1 fully saturated rings. The van der Waals surface area contributed by atoms with E-state index in [0.29, 0.717) is 24.2 Å². The highest BCUT2D eigenvalue weighted by Crippen LogP contribution is 2.50. The smallest absolute Gasteiger partial charge is 0.303 e. The van der Waals surface area contributed by atoms with Crippen LogP contribution >= 0.6 is 0 Å². The van der Waals surface area contributed by atoms with Crippen LogP contribution < -0.4 is 10.9 Å². The summed E-state index contributed by atoms with van der Waals surface area (Å²) in [6, 6.07) is 15.0. The van der Waals surface area contributed by atoms with Crippen LogP contribution in [0.4, 0.5) is 5.95 Å². The number of H-pyrrole nitrogens is 1. The monoisotopic (exact) mass is 923 g/mol. The molecule has 346 valence electrons. The molecule has 0 spiro atoms. The van der Waals surface area contributed by atoms with E-state index in [4.69, 9.17) is 32.8 Å². The first kappa shape index (κ1) is 46.3. The lowest BCUT2D eigenvalue weighted by molar-refractivity contribution is -0.187. The predicted molar refractivity (Wildman–Crippen MR) is 254 cm³/mol. The van der Waals surface area contributed by atoms with Crippen LogP contribution in [0.5, 0.6) is 0 Å². The standard InChI is InChI=1S/C48H61N5O10Si2/c1-25(54)59-41-32-21-30-18-17-28-15-14-16-29-19-20-31(37(30)36(28)29)38(32)39(42(60-26(2)55)43(41)61-27(3)56)50-46-51-44-40(45(57)52-46)49-24-53(44)35-22-33(63-65(12,13)48(7,8)9)34(62-35)23-58-64(10,11)47(4,5)6/h14-21,24,33-35,39,41-43H,22-23H2,1-13H3,(H2,50,51,52,57)/t33-,34+,35+,39-,41+,42+,43-/m0/s1. The largest absolute Gasteiger partial charge is 0.456 e. The van der Waals surface area contributed by atoms with Gasteiger partial charge in [0.05, 0.1) is 25.1 Å². The van der Waals surface area contributed by atoms with Crippen LogP contribution in [0.15, 0.2) is 59.7 Å². The lowest BCUT2D eigenvalue weighted by Crippen LogP contribution is -2.50. The Balaban J connectivity index is 1.25. The molecule has 4 aromatic carbocycles. The number of carbonyl (C=O) groups is 3. The molecular formula is C48H61N5O10Si2. The second-order valence-electron chi connectivity index (χ2n) is 20.6. The van der Waals surface area contributed by atoms with Crippen molar-refractivity contribution in [3.63, 3.8) is 0 Å². The number of nitrogens with zero attached hydrogens (tertiary/aromatic N) is 3. The molecule has 0 saturated carbocycles. The first-order valence-electron chi connectivity index (χ1n) is 22.3. The van der Waals surface area contributed by atoms with E-state index in [9.17, 15) is 19.2 Å². The van der Waals surface area contributed by atoms with Gasteiger partial charge >= 0.3 is 17.9 Å². The maximum Gasteiger partial charge on any atom is 0.303 e. The minimum Gasteiger partial charge on any atom is -0.456 e. The number of rotatable bonds is 11. The van der Waals surface area contributed by atoms with Crippen molar-refractivity contribution in [3.8, 4) is 0 Å². The fourth-order valence-electron chi connectivity index (χ4n) is 8.81. The van der Waals surface area contributed by atoms with Crippen LogP contribution in [-0.4, -0.2) is 85.1 Å². The molecule has 2 aromatic heterocycles. The number of carbonyl (C=O) groups excluding carboxylic acids is 3. The molecule has 15 nitrogen and oxygen atoms in total. The van der Waals surface area contributed by atoms with Gasteiger partial charge in [-0.05, 0) is 80.2 Å². The molecule has 6 aromatic rings. The summed E-state index contributed by atoms with van der Waals surface area (Å²) in [4.78, 5) is 65.1. The Morgan fingerprint density at radius 3 is 2.08 bits per heavy atom. The molecule has 17 heteroatoms. The van der Waals surface area contributed by atoms with Gasteiger partial charge in [0, 0.05) is 32.8 Å². The van der Waals surface area contributed by atoms with Gasteiger partial charge in [0.2, 0.25) is 5.95 Å². The highest BCUT2D eigenvalue weighted by molar-refractivity contribution is 6.74. The third kappa shape index (κ3) is 8.57. The summed E-state index contributed by atoms with van der Waals surface area (Å²) in [5.74, 6) is -1.95. The quantitative estimate of drug-likeness (QED) is 0.0543. The van der Waals surface area contributed by atoms with Gasteiger partial charge in [0.25, 0.3) is 5.56 Å². The zero-order valence-electron chi connectivity index (χ0n) is 39.6. The molecule has 0 bridgehead atoms. The number of fused-ring (bicyclic) bond motifs is 3. The Kier molecular flexibility index (Phi) is 11.8. The van der Waals surface area contributed by atoms with Crippen molar-refractivity contribution >= 4 is 84.0 Å². The molecular weight excluding hydrogens is 863 g/mol. The number of benzene rings is 4. The highest BCUT2D eigenvalue weighted by Gasteiger charge is 2.51. The zero-order chi connectivity index (χ0) is 47.1. The number of aromatic nitrogens is 4. The molecule has 1 aliphatic carbocycles. The number of nitrogens with one attached hydrogen (secondary N) is 2. The maximum atomic E-state index is 14.0.